The summed E-state index contributed by atoms with van der Waals surface area (Å²) >= 11 is 0. The van der Waals surface area contributed by atoms with Gasteiger partial charge in [0.15, 0.2) is 5.43 Å². The van der Waals surface area contributed by atoms with Crippen LogP contribution in [0.25, 0.3) is 22.3 Å². The highest BCUT2D eigenvalue weighted by Gasteiger charge is 2.19. The van der Waals surface area contributed by atoms with Gasteiger partial charge < -0.3 is 0 Å². The zero-order valence-corrected chi connectivity index (χ0v) is 14.5. The highest BCUT2D eigenvalue weighted by Crippen LogP contribution is 2.21. The SMILES string of the molecule is CC(=O)N(C(C)=O)n1cc(-c2ccccc2)c(=O)c(-c2ccccc2)c1. The van der Waals surface area contributed by atoms with Crippen molar-refractivity contribution in [2.75, 3.05) is 5.01 Å². The average Bonchev–Trinajstić information content (AvgIpc) is 2.64. The fraction of sp³-hybridized carbons (Fsp3) is 0.0952. The van der Waals surface area contributed by atoms with Crippen molar-refractivity contribution in [1.82, 2.24) is 4.68 Å². The van der Waals surface area contributed by atoms with Gasteiger partial charge in [-0.25, -0.2) is 0 Å². The van der Waals surface area contributed by atoms with Crippen LogP contribution in [0.15, 0.2) is 77.9 Å². The molecule has 0 spiro atoms. The van der Waals surface area contributed by atoms with E-state index in [-0.39, 0.29) is 5.43 Å². The number of carbonyl (C=O) groups is 2. The first kappa shape index (κ1) is 17.4. The molecular formula is C21H18N2O3. The minimum absolute atomic E-state index is 0.161. The number of carbonyl (C=O) groups excluding carboxylic acids is 2. The lowest BCUT2D eigenvalue weighted by Gasteiger charge is -2.22. The van der Waals surface area contributed by atoms with E-state index in [1.54, 1.807) is 0 Å². The Bertz CT molecular complexity index is 931. The van der Waals surface area contributed by atoms with Gasteiger partial charge in [0.05, 0.1) is 0 Å². The van der Waals surface area contributed by atoms with Gasteiger partial charge in [0, 0.05) is 37.4 Å². The Morgan fingerprint density at radius 1 is 0.731 bits per heavy atom. The standard InChI is InChI=1S/C21H18N2O3/c1-15(24)23(16(2)25)22-13-19(17-9-5-3-6-10-17)21(26)20(14-22)18-11-7-4-8-12-18/h3-14H,1-2H3. The molecule has 0 radical (unpaired) electrons. The van der Waals surface area contributed by atoms with Crippen LogP contribution in [0.2, 0.25) is 0 Å². The van der Waals surface area contributed by atoms with Crippen molar-refractivity contribution in [3.8, 4) is 22.3 Å². The third-order valence-electron chi connectivity index (χ3n) is 4.01. The second-order valence-corrected chi connectivity index (χ2v) is 5.88. The number of aromatic nitrogens is 1. The summed E-state index contributed by atoms with van der Waals surface area (Å²) in [5.74, 6) is -0.863. The minimum atomic E-state index is -0.431. The van der Waals surface area contributed by atoms with Crippen LogP contribution < -0.4 is 10.4 Å². The van der Waals surface area contributed by atoms with Crippen LogP contribution in [0.4, 0.5) is 0 Å². The van der Waals surface area contributed by atoms with Crippen molar-refractivity contribution in [1.29, 1.82) is 0 Å². The quantitative estimate of drug-likeness (QED) is 0.732. The summed E-state index contributed by atoms with van der Waals surface area (Å²) in [4.78, 5) is 37.0. The van der Waals surface area contributed by atoms with E-state index in [2.05, 4.69) is 0 Å². The van der Waals surface area contributed by atoms with E-state index in [0.717, 1.165) is 16.1 Å². The monoisotopic (exact) mass is 346 g/mol. The second-order valence-electron chi connectivity index (χ2n) is 5.88. The smallest absolute Gasteiger partial charge is 0.245 e. The second kappa shape index (κ2) is 7.19. The van der Waals surface area contributed by atoms with Gasteiger partial charge in [-0.3, -0.25) is 19.1 Å². The van der Waals surface area contributed by atoms with Gasteiger partial charge in [0.25, 0.3) is 0 Å². The molecule has 0 aliphatic carbocycles. The largest absolute Gasteiger partial charge is 0.288 e. The maximum atomic E-state index is 13.1. The molecule has 0 saturated carbocycles. The van der Waals surface area contributed by atoms with Crippen LogP contribution in [-0.4, -0.2) is 16.5 Å². The molecule has 0 unspecified atom stereocenters. The van der Waals surface area contributed by atoms with Gasteiger partial charge in [0.2, 0.25) is 11.8 Å². The fourth-order valence-corrected chi connectivity index (χ4v) is 2.87. The lowest BCUT2D eigenvalue weighted by atomic mass is 10.0. The normalized spacial score (nSPS) is 10.4. The molecule has 3 rings (SSSR count). The summed E-state index contributed by atoms with van der Waals surface area (Å²) in [7, 11) is 0. The Kier molecular flexibility index (Phi) is 4.80. The van der Waals surface area contributed by atoms with Gasteiger partial charge >= 0.3 is 0 Å². The zero-order valence-electron chi connectivity index (χ0n) is 14.5. The molecule has 0 aliphatic rings. The summed E-state index contributed by atoms with van der Waals surface area (Å²) in [5.41, 5.74) is 2.11. The lowest BCUT2D eigenvalue weighted by molar-refractivity contribution is -0.126. The number of rotatable bonds is 3. The van der Waals surface area contributed by atoms with Crippen LogP contribution >= 0.6 is 0 Å². The molecule has 0 aliphatic heterocycles. The number of amides is 2. The molecule has 0 saturated heterocycles. The Morgan fingerprint density at radius 2 is 1.12 bits per heavy atom. The van der Waals surface area contributed by atoms with Crippen LogP contribution in [-0.2, 0) is 9.59 Å². The number of hydrogen-bond acceptors (Lipinski definition) is 3. The van der Waals surface area contributed by atoms with Gasteiger partial charge in [-0.2, -0.15) is 5.01 Å². The van der Waals surface area contributed by atoms with Crippen LogP contribution in [0.1, 0.15) is 13.8 Å². The molecule has 1 heterocycles. The molecule has 0 N–H and O–H groups in total. The number of hydrogen-bond donors (Lipinski definition) is 0. The summed E-state index contributed by atoms with van der Waals surface area (Å²) in [6, 6.07) is 18.3. The van der Waals surface area contributed by atoms with E-state index in [4.69, 9.17) is 0 Å². The van der Waals surface area contributed by atoms with E-state index in [1.807, 2.05) is 60.7 Å². The van der Waals surface area contributed by atoms with Crippen LogP contribution in [0.3, 0.4) is 0 Å². The highest BCUT2D eigenvalue weighted by molar-refractivity contribution is 6.06. The van der Waals surface area contributed by atoms with E-state index >= 15 is 0 Å². The predicted octanol–water partition coefficient (Wildman–Crippen LogP) is 3.21. The third-order valence-corrected chi connectivity index (χ3v) is 4.01. The van der Waals surface area contributed by atoms with E-state index in [9.17, 15) is 14.4 Å². The number of benzene rings is 2. The van der Waals surface area contributed by atoms with Crippen molar-refractivity contribution in [3.05, 3.63) is 83.3 Å². The molecule has 0 fully saturated rings. The van der Waals surface area contributed by atoms with Crippen molar-refractivity contribution in [2.45, 2.75) is 13.8 Å². The molecule has 5 nitrogen and oxygen atoms in total. The molecule has 0 atom stereocenters. The van der Waals surface area contributed by atoms with Crippen LogP contribution in [0, 0.1) is 0 Å². The van der Waals surface area contributed by atoms with Crippen LogP contribution in [0.5, 0.6) is 0 Å². The molecule has 130 valence electrons. The summed E-state index contributed by atoms with van der Waals surface area (Å²) in [6.07, 6.45) is 3.04. The molecule has 0 bridgehead atoms. The molecule has 5 heteroatoms. The van der Waals surface area contributed by atoms with Crippen molar-refractivity contribution >= 4 is 11.8 Å². The molecule has 26 heavy (non-hydrogen) atoms. The first-order valence-corrected chi connectivity index (χ1v) is 8.17. The first-order valence-electron chi connectivity index (χ1n) is 8.17. The maximum absolute atomic E-state index is 13.1. The molecule has 2 amide bonds. The van der Waals surface area contributed by atoms with Gasteiger partial charge in [-0.15, -0.1) is 0 Å². The Hall–Kier alpha value is -3.47. The van der Waals surface area contributed by atoms with Crippen molar-refractivity contribution in [3.63, 3.8) is 0 Å². The highest BCUT2D eigenvalue weighted by atomic mass is 16.2. The van der Waals surface area contributed by atoms with Crippen molar-refractivity contribution in [2.24, 2.45) is 0 Å². The molecular weight excluding hydrogens is 328 g/mol. The predicted molar refractivity (Wildman–Crippen MR) is 101 cm³/mol. The first-order chi connectivity index (χ1) is 12.5. The summed E-state index contributed by atoms with van der Waals surface area (Å²) in [6.45, 7) is 2.62. The number of nitrogens with zero attached hydrogens (tertiary/aromatic N) is 2. The van der Waals surface area contributed by atoms with Gasteiger partial charge in [-0.05, 0) is 11.1 Å². The number of imide groups is 1. The zero-order chi connectivity index (χ0) is 18.7. The molecule has 3 aromatic rings. The van der Waals surface area contributed by atoms with Gasteiger partial charge in [0.1, 0.15) is 0 Å². The summed E-state index contributed by atoms with van der Waals surface area (Å²) < 4.78 is 1.39. The molecule has 1 aromatic heterocycles. The Balaban J connectivity index is 2.32. The van der Waals surface area contributed by atoms with E-state index < -0.39 is 11.8 Å². The topological polar surface area (TPSA) is 59.4 Å². The van der Waals surface area contributed by atoms with Crippen molar-refractivity contribution < 1.29 is 9.59 Å². The third kappa shape index (κ3) is 3.32. The lowest BCUT2D eigenvalue weighted by Crippen LogP contribution is -2.43. The average molecular weight is 346 g/mol. The van der Waals surface area contributed by atoms with E-state index in [0.29, 0.717) is 11.1 Å². The Morgan fingerprint density at radius 3 is 1.46 bits per heavy atom. The van der Waals surface area contributed by atoms with Gasteiger partial charge in [-0.1, -0.05) is 60.7 Å². The fourth-order valence-electron chi connectivity index (χ4n) is 2.87. The Labute approximate surface area is 151 Å². The summed E-state index contributed by atoms with van der Waals surface area (Å²) in [5, 5.41) is 0.998. The van der Waals surface area contributed by atoms with E-state index in [1.165, 1.54) is 30.9 Å². The maximum Gasteiger partial charge on any atom is 0.245 e. The minimum Gasteiger partial charge on any atom is -0.288 e. The molecule has 2 aromatic carbocycles. The number of pyridine rings is 1.